The molecule has 2 saturated carbocycles. The van der Waals surface area contributed by atoms with Gasteiger partial charge in [0.05, 0.1) is 23.4 Å². The summed E-state index contributed by atoms with van der Waals surface area (Å²) in [7, 11) is 0. The van der Waals surface area contributed by atoms with Crippen molar-refractivity contribution in [2.75, 3.05) is 11.9 Å². The summed E-state index contributed by atoms with van der Waals surface area (Å²) in [6, 6.07) is 27.7. The van der Waals surface area contributed by atoms with Gasteiger partial charge in [0.1, 0.15) is 11.9 Å². The number of ketones is 2. The highest BCUT2D eigenvalue weighted by molar-refractivity contribution is 7.99. The molecule has 6 nitrogen and oxygen atoms in total. The van der Waals surface area contributed by atoms with Crippen LogP contribution < -0.4 is 10.1 Å². The second kappa shape index (κ2) is 22.3. The molecule has 5 aromatic carbocycles. The predicted octanol–water partition coefficient (Wildman–Crippen LogP) is 16.3. The number of esters is 1. The number of nitrogens with one attached hydrogen (secondary N) is 1. The van der Waals surface area contributed by atoms with Crippen molar-refractivity contribution in [2.45, 2.75) is 160 Å². The first-order valence-electron chi connectivity index (χ1n) is 25.5. The number of hydrogen-bond acceptors (Lipinski definition) is 7. The maximum absolute atomic E-state index is 14.4. The molecule has 3 aliphatic rings. The van der Waals surface area contributed by atoms with Crippen LogP contribution in [0.4, 0.5) is 11.4 Å². The van der Waals surface area contributed by atoms with Crippen LogP contribution in [0, 0.1) is 45.4 Å². The number of carbonyl (C=O) groups is 3. The van der Waals surface area contributed by atoms with Crippen molar-refractivity contribution in [1.29, 1.82) is 0 Å². The highest BCUT2D eigenvalue weighted by atomic mass is 32.2. The van der Waals surface area contributed by atoms with Crippen LogP contribution in [0.2, 0.25) is 0 Å². The second-order valence-electron chi connectivity index (χ2n) is 20.0. The number of anilines is 2. The van der Waals surface area contributed by atoms with Crippen molar-refractivity contribution in [3.8, 4) is 16.9 Å². The zero-order valence-corrected chi connectivity index (χ0v) is 41.7. The molecule has 0 heterocycles. The molecule has 352 valence electrons. The number of rotatable bonds is 18. The van der Waals surface area contributed by atoms with E-state index in [9.17, 15) is 14.4 Å². The number of hydrogen-bond donors (Lipinski definition) is 1. The van der Waals surface area contributed by atoms with Crippen molar-refractivity contribution >= 4 is 40.7 Å². The fourth-order valence-corrected chi connectivity index (χ4v) is 12.0. The van der Waals surface area contributed by atoms with Gasteiger partial charge in [-0.2, -0.15) is 0 Å². The Labute approximate surface area is 404 Å². The molecule has 5 aromatic rings. The highest BCUT2D eigenvalue weighted by Gasteiger charge is 2.34. The van der Waals surface area contributed by atoms with E-state index in [4.69, 9.17) is 9.47 Å². The Hall–Kier alpha value is -5.14. The Kier molecular flexibility index (Phi) is 16.1. The van der Waals surface area contributed by atoms with E-state index in [0.717, 1.165) is 98.7 Å². The van der Waals surface area contributed by atoms with Crippen molar-refractivity contribution in [3.63, 3.8) is 0 Å². The Morgan fingerprint density at radius 3 is 1.75 bits per heavy atom. The zero-order valence-electron chi connectivity index (χ0n) is 40.9. The van der Waals surface area contributed by atoms with Crippen LogP contribution in [0.5, 0.6) is 5.75 Å². The Morgan fingerprint density at radius 2 is 1.16 bits per heavy atom. The van der Waals surface area contributed by atoms with Gasteiger partial charge >= 0.3 is 5.97 Å². The monoisotopic (exact) mass is 918 g/mol. The summed E-state index contributed by atoms with van der Waals surface area (Å²) in [6.45, 7) is 13.5. The molecule has 8 rings (SSSR count). The Bertz CT molecular complexity index is 2510. The van der Waals surface area contributed by atoms with Crippen LogP contribution in [0.25, 0.3) is 11.1 Å². The number of ether oxygens (including phenoxy) is 2. The molecule has 67 heavy (non-hydrogen) atoms. The zero-order chi connectivity index (χ0) is 47.0. The minimum atomic E-state index is -0.274. The highest BCUT2D eigenvalue weighted by Crippen LogP contribution is 2.43. The maximum Gasteiger partial charge on any atom is 0.338 e. The molecule has 2 fully saturated rings. The van der Waals surface area contributed by atoms with E-state index in [2.05, 4.69) is 69.4 Å². The maximum atomic E-state index is 14.4. The topological polar surface area (TPSA) is 81.7 Å². The first-order chi connectivity index (χ1) is 32.5. The van der Waals surface area contributed by atoms with Crippen molar-refractivity contribution < 1.29 is 23.9 Å². The summed E-state index contributed by atoms with van der Waals surface area (Å²) in [5.41, 5.74) is 9.59. The van der Waals surface area contributed by atoms with E-state index in [1.807, 2.05) is 44.2 Å². The number of unbranched alkanes of at least 4 members (excludes halogenated alkanes) is 4. The molecule has 0 bridgehead atoms. The van der Waals surface area contributed by atoms with Gasteiger partial charge in [0.25, 0.3) is 0 Å². The number of aryl methyl sites for hydroxylation is 4. The normalized spacial score (nSPS) is 19.1. The largest absolute Gasteiger partial charge is 0.493 e. The third-order valence-electron chi connectivity index (χ3n) is 14.9. The summed E-state index contributed by atoms with van der Waals surface area (Å²) in [5.74, 6) is 2.65. The first-order valence-corrected chi connectivity index (χ1v) is 26.3. The van der Waals surface area contributed by atoms with Crippen LogP contribution in [0.15, 0.2) is 94.7 Å². The van der Waals surface area contributed by atoms with Crippen LogP contribution in [0.3, 0.4) is 0 Å². The molecule has 1 N–H and O–H groups in total. The van der Waals surface area contributed by atoms with E-state index in [1.165, 1.54) is 88.8 Å². The smallest absolute Gasteiger partial charge is 0.338 e. The molecular weight excluding hydrogens is 847 g/mol. The van der Waals surface area contributed by atoms with Crippen LogP contribution in [-0.2, 0) is 4.74 Å². The molecular formula is C60H71NO5S. The van der Waals surface area contributed by atoms with Crippen LogP contribution >= 0.6 is 11.8 Å². The van der Waals surface area contributed by atoms with Crippen LogP contribution in [0.1, 0.15) is 181 Å². The van der Waals surface area contributed by atoms with Crippen molar-refractivity contribution in [3.05, 3.63) is 135 Å². The molecule has 0 atom stereocenters. The number of benzene rings is 5. The van der Waals surface area contributed by atoms with Crippen LogP contribution in [-0.4, -0.2) is 30.2 Å². The van der Waals surface area contributed by atoms with Crippen molar-refractivity contribution in [2.24, 2.45) is 17.8 Å². The SMILES string of the molecule is CCCCCC1CCC(COc2c(C)cc(-c3ccc(Sc4ccc(Nc5cc(C)c(C(=O)OC6CCC(CCCCC)CC6)c(C)c5)c5c4C(=O)c4ccccc4C5=O)cc3)cc2C)CC1. The van der Waals surface area contributed by atoms with Gasteiger partial charge in [0, 0.05) is 32.2 Å². The average Bonchev–Trinajstić information content (AvgIpc) is 3.32. The minimum Gasteiger partial charge on any atom is -0.493 e. The fourth-order valence-electron chi connectivity index (χ4n) is 11.1. The third-order valence-corrected chi connectivity index (χ3v) is 15.9. The lowest BCUT2D eigenvalue weighted by atomic mass is 9.80. The fraction of sp³-hybridized carbons (Fsp3) is 0.450. The first kappa shape index (κ1) is 48.3. The summed E-state index contributed by atoms with van der Waals surface area (Å²) in [5, 5.41) is 3.49. The van der Waals surface area contributed by atoms with Gasteiger partial charge in [-0.15, -0.1) is 0 Å². The molecule has 3 aliphatic carbocycles. The van der Waals surface area contributed by atoms with E-state index >= 15 is 0 Å². The lowest BCUT2D eigenvalue weighted by molar-refractivity contribution is 0.0159. The second-order valence-corrected chi connectivity index (χ2v) is 21.1. The summed E-state index contributed by atoms with van der Waals surface area (Å²) < 4.78 is 12.6. The number of fused-ring (bicyclic) bond motifs is 2. The average molecular weight is 918 g/mol. The molecule has 0 aliphatic heterocycles. The minimum absolute atomic E-state index is 0.0470. The quantitative estimate of drug-likeness (QED) is 0.0679. The van der Waals surface area contributed by atoms with Gasteiger partial charge in [0.15, 0.2) is 11.6 Å². The molecule has 0 amide bonds. The molecule has 0 spiro atoms. The Morgan fingerprint density at radius 1 is 0.612 bits per heavy atom. The van der Waals surface area contributed by atoms with Gasteiger partial charge in [-0.05, 0) is 166 Å². The van der Waals surface area contributed by atoms with E-state index in [1.54, 1.807) is 18.2 Å². The summed E-state index contributed by atoms with van der Waals surface area (Å²) >= 11 is 1.49. The number of carbonyl (C=O) groups excluding carboxylic acids is 3. The van der Waals surface area contributed by atoms with E-state index in [0.29, 0.717) is 39.4 Å². The van der Waals surface area contributed by atoms with Gasteiger partial charge in [-0.1, -0.05) is 126 Å². The van der Waals surface area contributed by atoms with Gasteiger partial charge in [-0.3, -0.25) is 9.59 Å². The third kappa shape index (κ3) is 11.4. The lowest BCUT2D eigenvalue weighted by Crippen LogP contribution is -2.25. The summed E-state index contributed by atoms with van der Waals surface area (Å²) in [6.07, 6.45) is 19.8. The summed E-state index contributed by atoms with van der Waals surface area (Å²) in [4.78, 5) is 44.1. The van der Waals surface area contributed by atoms with Crippen molar-refractivity contribution in [1.82, 2.24) is 0 Å². The van der Waals surface area contributed by atoms with E-state index in [-0.39, 0.29) is 23.6 Å². The molecule has 0 unspecified atom stereocenters. The Balaban J connectivity index is 0.960. The molecule has 0 aromatic heterocycles. The van der Waals surface area contributed by atoms with E-state index < -0.39 is 0 Å². The van der Waals surface area contributed by atoms with Gasteiger partial charge in [-0.25, -0.2) is 4.79 Å². The van der Waals surface area contributed by atoms with Gasteiger partial charge < -0.3 is 14.8 Å². The standard InChI is InChI=1S/C60H71NO5S/c1-7-9-11-15-42-19-21-44(22-20-42)37-65-59-40(5)33-46(34-41(59)6)45-25-29-49(30-26-45)67-53-32-31-52(55-56(53)58(63)51-18-14-13-17-50(51)57(55)62)61-47-35-38(3)54(39(4)36-47)60(64)66-48-27-23-43(24-28-48)16-12-10-8-2/h13-14,17-18,25-26,29-36,42-44,48,61H,7-12,15-16,19-24,27-28,37H2,1-6H3. The molecule has 7 heteroatoms. The van der Waals surface area contributed by atoms with Gasteiger partial charge in [0.2, 0.25) is 0 Å². The predicted molar refractivity (Wildman–Crippen MR) is 275 cm³/mol. The lowest BCUT2D eigenvalue weighted by Gasteiger charge is -2.29. The molecule has 0 saturated heterocycles. The molecule has 0 radical (unpaired) electrons.